The maximum atomic E-state index is 4.51. The first kappa shape index (κ1) is 28.9. The van der Waals surface area contributed by atoms with E-state index in [9.17, 15) is 0 Å². The molecule has 0 radical (unpaired) electrons. The van der Waals surface area contributed by atoms with E-state index in [4.69, 9.17) is 0 Å². The molecule has 0 saturated heterocycles. The average Bonchev–Trinajstić information content (AvgIpc) is 2.59. The minimum Gasteiger partial charge on any atom is -0.179 e. The zero-order valence-electron chi connectivity index (χ0n) is 18.8. The van der Waals surface area contributed by atoms with Gasteiger partial charge in [-0.05, 0) is 18.6 Å². The van der Waals surface area contributed by atoms with Crippen LogP contribution in [0.3, 0.4) is 0 Å². The molecule has 0 saturated carbocycles. The molecule has 0 rings (SSSR count). The van der Waals surface area contributed by atoms with Gasteiger partial charge in [0.2, 0.25) is 0 Å². The summed E-state index contributed by atoms with van der Waals surface area (Å²) in [4.78, 5) is 0. The lowest BCUT2D eigenvalue weighted by Crippen LogP contribution is -2.09. The second-order valence-corrected chi connectivity index (χ2v) is 10.2. The molecule has 0 spiro atoms. The van der Waals surface area contributed by atoms with Crippen LogP contribution < -0.4 is 0 Å². The summed E-state index contributed by atoms with van der Waals surface area (Å²) in [5.41, 5.74) is 0. The number of hydrogen-bond donors (Lipinski definition) is 2. The van der Waals surface area contributed by atoms with Crippen molar-refractivity contribution in [3.8, 4) is 0 Å². The SMILES string of the molecule is CCCCCCCCCC(C)(C)S.CCCCCCCCCCCCS. The zero-order chi connectivity index (χ0) is 19.9. The van der Waals surface area contributed by atoms with Crippen molar-refractivity contribution in [2.24, 2.45) is 0 Å². The Morgan fingerprint density at radius 3 is 1.12 bits per heavy atom. The molecule has 0 aliphatic heterocycles. The average molecular weight is 405 g/mol. The van der Waals surface area contributed by atoms with Crippen molar-refractivity contribution in [1.82, 2.24) is 0 Å². The molecule has 0 atom stereocenters. The van der Waals surface area contributed by atoms with Crippen molar-refractivity contribution in [2.75, 3.05) is 5.75 Å². The lowest BCUT2D eigenvalue weighted by Gasteiger charge is -2.16. The van der Waals surface area contributed by atoms with Gasteiger partial charge < -0.3 is 0 Å². The first-order valence-corrected chi connectivity index (χ1v) is 12.9. The molecule has 0 aromatic rings. The number of hydrogen-bond acceptors (Lipinski definition) is 2. The van der Waals surface area contributed by atoms with Crippen molar-refractivity contribution in [3.05, 3.63) is 0 Å². The summed E-state index contributed by atoms with van der Waals surface area (Å²) in [6.45, 7) is 8.95. The van der Waals surface area contributed by atoms with Gasteiger partial charge >= 0.3 is 0 Å². The van der Waals surface area contributed by atoms with Gasteiger partial charge in [0.1, 0.15) is 0 Å². The van der Waals surface area contributed by atoms with Crippen molar-refractivity contribution in [2.45, 2.75) is 148 Å². The van der Waals surface area contributed by atoms with Gasteiger partial charge in [0.05, 0.1) is 0 Å². The summed E-state index contributed by atoms with van der Waals surface area (Å²) in [6.07, 6.45) is 25.2. The molecule has 0 fully saturated rings. The summed E-state index contributed by atoms with van der Waals surface area (Å²) in [6, 6.07) is 0. The molecule has 0 unspecified atom stereocenters. The Bertz CT molecular complexity index is 223. The summed E-state index contributed by atoms with van der Waals surface area (Å²) in [5.74, 6) is 1.07. The highest BCUT2D eigenvalue weighted by Crippen LogP contribution is 2.21. The summed E-state index contributed by atoms with van der Waals surface area (Å²) in [7, 11) is 0. The highest BCUT2D eigenvalue weighted by molar-refractivity contribution is 7.81. The summed E-state index contributed by atoms with van der Waals surface area (Å²) < 4.78 is 0.240. The standard InChI is InChI=1S/2C12H26S/c1-4-5-6-7-8-9-10-11-12(2,3)13;1-2-3-4-5-6-7-8-9-10-11-12-13/h13H,4-11H2,1-3H3;13H,2-12H2,1H3. The molecule has 0 nitrogen and oxygen atoms in total. The fourth-order valence-corrected chi connectivity index (χ4v) is 3.50. The van der Waals surface area contributed by atoms with Crippen LogP contribution in [-0.2, 0) is 0 Å². The van der Waals surface area contributed by atoms with Gasteiger partial charge in [-0.1, -0.05) is 130 Å². The summed E-state index contributed by atoms with van der Waals surface area (Å²) in [5, 5.41) is 0. The van der Waals surface area contributed by atoms with Gasteiger partial charge in [0.15, 0.2) is 0 Å². The maximum absolute atomic E-state index is 4.51. The monoisotopic (exact) mass is 404 g/mol. The fourth-order valence-electron chi connectivity index (χ4n) is 3.11. The van der Waals surface area contributed by atoms with Crippen molar-refractivity contribution in [3.63, 3.8) is 0 Å². The Morgan fingerprint density at radius 2 is 0.808 bits per heavy atom. The van der Waals surface area contributed by atoms with Crippen LogP contribution in [0.5, 0.6) is 0 Å². The number of unbranched alkanes of at least 4 members (excludes halogenated alkanes) is 15. The van der Waals surface area contributed by atoms with Crippen molar-refractivity contribution < 1.29 is 0 Å². The molecule has 0 heterocycles. The first-order valence-electron chi connectivity index (χ1n) is 11.8. The van der Waals surface area contributed by atoms with Crippen LogP contribution in [0.1, 0.15) is 143 Å². The molecular formula is C24H52S2. The van der Waals surface area contributed by atoms with Gasteiger partial charge in [-0.25, -0.2) is 0 Å². The van der Waals surface area contributed by atoms with Gasteiger partial charge in [0, 0.05) is 4.75 Å². The van der Waals surface area contributed by atoms with E-state index in [-0.39, 0.29) is 4.75 Å². The normalized spacial score (nSPS) is 11.3. The van der Waals surface area contributed by atoms with Crippen LogP contribution in [0.25, 0.3) is 0 Å². The van der Waals surface area contributed by atoms with Crippen LogP contribution in [0.15, 0.2) is 0 Å². The highest BCUT2D eigenvalue weighted by Gasteiger charge is 2.09. The Morgan fingerprint density at radius 1 is 0.500 bits per heavy atom. The van der Waals surface area contributed by atoms with E-state index in [1.165, 1.54) is 116 Å². The highest BCUT2D eigenvalue weighted by atomic mass is 32.1. The molecule has 0 aliphatic carbocycles. The van der Waals surface area contributed by atoms with Crippen molar-refractivity contribution >= 4 is 25.3 Å². The van der Waals surface area contributed by atoms with Gasteiger partial charge in [-0.2, -0.15) is 25.3 Å². The van der Waals surface area contributed by atoms with E-state index in [0.717, 1.165) is 5.75 Å². The molecule has 0 aromatic heterocycles. The van der Waals surface area contributed by atoms with E-state index >= 15 is 0 Å². The van der Waals surface area contributed by atoms with Crippen LogP contribution >= 0.6 is 25.3 Å². The molecule has 0 aliphatic rings. The van der Waals surface area contributed by atoms with E-state index in [2.05, 4.69) is 53.0 Å². The summed E-state index contributed by atoms with van der Waals surface area (Å²) >= 11 is 8.72. The Hall–Kier alpha value is 0.700. The number of rotatable bonds is 18. The van der Waals surface area contributed by atoms with Crippen LogP contribution in [0.2, 0.25) is 0 Å². The third-order valence-corrected chi connectivity index (χ3v) is 5.44. The molecule has 160 valence electrons. The van der Waals surface area contributed by atoms with Crippen LogP contribution in [0.4, 0.5) is 0 Å². The van der Waals surface area contributed by atoms with E-state index in [1.54, 1.807) is 0 Å². The largest absolute Gasteiger partial charge is 0.179 e. The maximum Gasteiger partial charge on any atom is 0.00731 e. The molecule has 0 aromatic carbocycles. The third kappa shape index (κ3) is 32.4. The Labute approximate surface area is 178 Å². The molecular weight excluding hydrogens is 352 g/mol. The zero-order valence-corrected chi connectivity index (χ0v) is 20.6. The van der Waals surface area contributed by atoms with E-state index < -0.39 is 0 Å². The lowest BCUT2D eigenvalue weighted by molar-refractivity contribution is 0.538. The topological polar surface area (TPSA) is 0 Å². The predicted molar refractivity (Wildman–Crippen MR) is 131 cm³/mol. The van der Waals surface area contributed by atoms with Gasteiger partial charge in [-0.15, -0.1) is 0 Å². The quantitative estimate of drug-likeness (QED) is 0.165. The third-order valence-electron chi connectivity index (χ3n) is 4.90. The molecule has 0 N–H and O–H groups in total. The lowest BCUT2D eigenvalue weighted by atomic mass is 10.0. The van der Waals surface area contributed by atoms with Gasteiger partial charge in [-0.3, -0.25) is 0 Å². The van der Waals surface area contributed by atoms with Crippen LogP contribution in [0, 0.1) is 0 Å². The predicted octanol–water partition coefficient (Wildman–Crippen LogP) is 9.67. The van der Waals surface area contributed by atoms with E-state index in [1.807, 2.05) is 0 Å². The Kier molecular flexibility index (Phi) is 26.4. The Balaban J connectivity index is 0. The second-order valence-electron chi connectivity index (χ2n) is 8.59. The molecule has 0 amide bonds. The second kappa shape index (κ2) is 23.7. The molecule has 0 bridgehead atoms. The minimum atomic E-state index is 0.240. The first-order chi connectivity index (χ1) is 12.5. The van der Waals surface area contributed by atoms with E-state index in [0.29, 0.717) is 0 Å². The molecule has 26 heavy (non-hydrogen) atoms. The minimum absolute atomic E-state index is 0.240. The van der Waals surface area contributed by atoms with Crippen molar-refractivity contribution in [1.29, 1.82) is 0 Å². The number of thiol groups is 2. The molecule has 2 heteroatoms. The smallest absolute Gasteiger partial charge is 0.00731 e. The fraction of sp³-hybridized carbons (Fsp3) is 1.00. The van der Waals surface area contributed by atoms with Crippen LogP contribution in [-0.4, -0.2) is 10.5 Å². The van der Waals surface area contributed by atoms with Gasteiger partial charge in [0.25, 0.3) is 0 Å².